The average molecular weight is 290 g/mol. The van der Waals surface area contributed by atoms with E-state index in [0.29, 0.717) is 0 Å². The second-order valence-corrected chi connectivity index (χ2v) is 13.9. The molecule has 0 spiro atoms. The fraction of sp³-hybridized carbons (Fsp3) is 0.889. The molecule has 0 aromatic carbocycles. The maximum atomic E-state index is 2.73. The van der Waals surface area contributed by atoms with Gasteiger partial charge in [0.25, 0.3) is 0 Å². The van der Waals surface area contributed by atoms with E-state index in [1.165, 1.54) is 38.5 Å². The lowest BCUT2D eigenvalue weighted by Gasteiger charge is -2.43. The lowest BCUT2D eigenvalue weighted by Crippen LogP contribution is -2.38. The summed E-state index contributed by atoms with van der Waals surface area (Å²) in [7, 11) is -1.15. The molecule has 0 amide bonds. The molecule has 2 fully saturated rings. The first kappa shape index (κ1) is 16.4. The maximum absolute atomic E-state index is 2.73. The van der Waals surface area contributed by atoms with Crippen molar-refractivity contribution in [3.05, 3.63) is 11.3 Å². The van der Waals surface area contributed by atoms with Gasteiger partial charge >= 0.3 is 0 Å². The third kappa shape index (κ3) is 3.61. The summed E-state index contributed by atoms with van der Waals surface area (Å²) in [5.41, 5.74) is 0. The number of allylic oxidation sites excluding steroid dienone is 2. The van der Waals surface area contributed by atoms with Gasteiger partial charge in [0.1, 0.15) is 0 Å². The predicted octanol–water partition coefficient (Wildman–Crippen LogP) is 6.44. The molecular weight excluding hydrogens is 255 g/mol. The molecule has 0 radical (unpaired) electrons. The van der Waals surface area contributed by atoms with Crippen molar-refractivity contribution in [2.75, 3.05) is 0 Å². The van der Waals surface area contributed by atoms with E-state index >= 15 is 0 Å². The molecule has 2 heteroatoms. The van der Waals surface area contributed by atoms with Crippen LogP contribution in [0.1, 0.15) is 59.3 Å². The Labute approximate surface area is 128 Å². The highest BCUT2D eigenvalue weighted by atomic mass is 28.3. The molecule has 2 saturated heterocycles. The predicted molar refractivity (Wildman–Crippen MR) is 96.6 cm³/mol. The standard InChI is InChI=1S/C18H35BSi/c1-14(2)18(20(4,5)6)13-15(3)19-16-9-7-10-17(19)12-8-11-16/h13-17H,7-12H2,1-6H3/b18-13+. The van der Waals surface area contributed by atoms with E-state index in [1.807, 2.05) is 5.20 Å². The summed E-state index contributed by atoms with van der Waals surface area (Å²) in [6.45, 7) is 15.9. The Morgan fingerprint density at radius 2 is 1.40 bits per heavy atom. The van der Waals surface area contributed by atoms with Gasteiger partial charge < -0.3 is 0 Å². The second kappa shape index (κ2) is 6.42. The fourth-order valence-corrected chi connectivity index (χ4v) is 7.78. The summed E-state index contributed by atoms with van der Waals surface area (Å²) < 4.78 is 0. The van der Waals surface area contributed by atoms with Gasteiger partial charge in [0.2, 0.25) is 0 Å². The molecular formula is C18H35BSi. The van der Waals surface area contributed by atoms with E-state index in [1.54, 1.807) is 0 Å². The van der Waals surface area contributed by atoms with Crippen LogP contribution in [0.2, 0.25) is 37.1 Å². The average Bonchev–Trinajstić information content (AvgIpc) is 2.32. The summed E-state index contributed by atoms with van der Waals surface area (Å²) in [4.78, 5) is 0. The normalized spacial score (nSPS) is 29.8. The Morgan fingerprint density at radius 3 is 1.75 bits per heavy atom. The SMILES string of the molecule is CC(/C=C(\C(C)C)[Si](C)(C)C)B1C2CCCC1CCC2. The molecule has 0 N–H and O–H groups in total. The van der Waals surface area contributed by atoms with E-state index in [-0.39, 0.29) is 0 Å². The Bertz CT molecular complexity index is 331. The van der Waals surface area contributed by atoms with E-state index in [4.69, 9.17) is 0 Å². The molecule has 0 aromatic heterocycles. The van der Waals surface area contributed by atoms with Gasteiger partial charge in [-0.25, -0.2) is 0 Å². The Balaban J connectivity index is 2.19. The van der Waals surface area contributed by atoms with Crippen LogP contribution >= 0.6 is 0 Å². The van der Waals surface area contributed by atoms with Gasteiger partial charge in [0.05, 0.1) is 8.07 Å². The highest BCUT2D eigenvalue weighted by Crippen LogP contribution is 2.50. The van der Waals surface area contributed by atoms with Crippen molar-refractivity contribution in [3.63, 3.8) is 0 Å². The van der Waals surface area contributed by atoms with E-state index in [2.05, 4.69) is 46.5 Å². The molecule has 0 nitrogen and oxygen atoms in total. The van der Waals surface area contributed by atoms with Gasteiger partial charge in [-0.05, 0) is 11.7 Å². The molecule has 0 saturated carbocycles. The monoisotopic (exact) mass is 290 g/mol. The lowest BCUT2D eigenvalue weighted by atomic mass is 9.22. The summed E-state index contributed by atoms with van der Waals surface area (Å²) in [6, 6.07) is 0. The van der Waals surface area contributed by atoms with Crippen molar-refractivity contribution in [1.29, 1.82) is 0 Å². The van der Waals surface area contributed by atoms with Gasteiger partial charge in [-0.15, -0.1) is 0 Å². The number of hydrogen-bond donors (Lipinski definition) is 0. The maximum Gasteiger partial charge on any atom is 0.153 e. The largest absolute Gasteiger partial charge is 0.153 e. The minimum Gasteiger partial charge on any atom is -0.0933 e. The van der Waals surface area contributed by atoms with Crippen LogP contribution < -0.4 is 0 Å². The van der Waals surface area contributed by atoms with Crippen LogP contribution in [0.15, 0.2) is 11.3 Å². The first-order chi connectivity index (χ1) is 9.30. The summed E-state index contributed by atoms with van der Waals surface area (Å²) in [5, 5.41) is 1.81. The summed E-state index contributed by atoms with van der Waals surface area (Å²) >= 11 is 0. The molecule has 0 aliphatic carbocycles. The molecule has 1 atom stereocenters. The molecule has 1 unspecified atom stereocenters. The zero-order valence-electron chi connectivity index (χ0n) is 14.7. The molecule has 2 aliphatic heterocycles. The Kier molecular flexibility index (Phi) is 5.26. The van der Waals surface area contributed by atoms with E-state index < -0.39 is 8.07 Å². The molecule has 2 heterocycles. The van der Waals surface area contributed by atoms with Gasteiger partial charge in [0, 0.05) is 0 Å². The highest BCUT2D eigenvalue weighted by Gasteiger charge is 2.41. The third-order valence-electron chi connectivity index (χ3n) is 5.93. The third-order valence-corrected chi connectivity index (χ3v) is 8.40. The van der Waals surface area contributed by atoms with Crippen molar-refractivity contribution in [1.82, 2.24) is 0 Å². The van der Waals surface area contributed by atoms with Crippen LogP contribution in [0.25, 0.3) is 0 Å². The van der Waals surface area contributed by atoms with Crippen molar-refractivity contribution in [2.24, 2.45) is 5.92 Å². The van der Waals surface area contributed by atoms with Crippen LogP contribution in [0.5, 0.6) is 0 Å². The molecule has 2 aliphatic rings. The quantitative estimate of drug-likeness (QED) is 0.523. The van der Waals surface area contributed by atoms with Gasteiger partial charge in [-0.1, -0.05) is 102 Å². The zero-order valence-corrected chi connectivity index (χ0v) is 15.7. The number of rotatable bonds is 4. The van der Waals surface area contributed by atoms with Crippen molar-refractivity contribution >= 4 is 14.8 Å². The second-order valence-electron chi connectivity index (χ2n) is 8.85. The first-order valence-electron chi connectivity index (χ1n) is 9.03. The topological polar surface area (TPSA) is 0 Å². The minimum absolute atomic E-state index is 0.743. The molecule has 114 valence electrons. The Hall–Kier alpha value is 0.0218. The number of hydrogen-bond acceptors (Lipinski definition) is 0. The van der Waals surface area contributed by atoms with Crippen molar-refractivity contribution < 1.29 is 0 Å². The van der Waals surface area contributed by atoms with Crippen LogP contribution in [0, 0.1) is 5.92 Å². The van der Waals surface area contributed by atoms with Crippen molar-refractivity contribution in [2.45, 2.75) is 96.4 Å². The fourth-order valence-electron chi connectivity index (χ4n) is 5.29. The van der Waals surface area contributed by atoms with Gasteiger partial charge in [0.15, 0.2) is 6.71 Å². The zero-order chi connectivity index (χ0) is 14.9. The van der Waals surface area contributed by atoms with Crippen LogP contribution in [-0.4, -0.2) is 14.8 Å². The molecule has 0 aromatic rings. The number of fused-ring (bicyclic) bond motifs is 2. The first-order valence-corrected chi connectivity index (χ1v) is 12.5. The van der Waals surface area contributed by atoms with E-state index in [0.717, 1.165) is 30.1 Å². The van der Waals surface area contributed by atoms with Gasteiger partial charge in [-0.2, -0.15) is 0 Å². The van der Waals surface area contributed by atoms with E-state index in [9.17, 15) is 0 Å². The highest BCUT2D eigenvalue weighted by molar-refractivity contribution is 6.83. The van der Waals surface area contributed by atoms with Crippen LogP contribution in [0.4, 0.5) is 0 Å². The minimum atomic E-state index is -1.15. The van der Waals surface area contributed by atoms with Gasteiger partial charge in [-0.3, -0.25) is 0 Å². The van der Waals surface area contributed by atoms with Crippen LogP contribution in [-0.2, 0) is 0 Å². The van der Waals surface area contributed by atoms with Crippen LogP contribution in [0.3, 0.4) is 0 Å². The molecule has 2 rings (SSSR count). The molecule has 20 heavy (non-hydrogen) atoms. The molecule has 2 bridgehead atoms. The van der Waals surface area contributed by atoms with Crippen molar-refractivity contribution in [3.8, 4) is 0 Å². The summed E-state index contributed by atoms with van der Waals surface area (Å²) in [6.07, 6.45) is 11.8. The lowest BCUT2D eigenvalue weighted by molar-refractivity contribution is 0.438. The Morgan fingerprint density at radius 1 is 0.950 bits per heavy atom. The summed E-state index contributed by atoms with van der Waals surface area (Å²) in [5.74, 6) is 3.65. The smallest absolute Gasteiger partial charge is 0.0933 e.